The highest BCUT2D eigenvalue weighted by atomic mass is 15.2. The first kappa shape index (κ1) is 74.1. The van der Waals surface area contributed by atoms with E-state index in [-0.39, 0.29) is 138 Å². The van der Waals surface area contributed by atoms with Gasteiger partial charge in [0.1, 0.15) is 0 Å². The Labute approximate surface area is 779 Å². The molecule has 0 spiro atoms. The van der Waals surface area contributed by atoms with E-state index in [9.17, 15) is 16.4 Å². The number of anilines is 6. The molecule has 2 aromatic heterocycles. The summed E-state index contributed by atoms with van der Waals surface area (Å²) in [6.45, 7) is 70.4. The summed E-state index contributed by atoms with van der Waals surface area (Å²) in [5.41, 5.74) is 20.0. The molecule has 15 aromatic rings. The highest BCUT2D eigenvalue weighted by Gasteiger charge is 2.48. The molecule has 0 N–H and O–H groups in total. The maximum atomic E-state index is 10.7. The molecule has 0 aliphatic carbocycles. The number of hydrogen-bond donors (Lipinski definition) is 0. The third-order valence-corrected chi connectivity index (χ3v) is 26.5. The summed E-state index contributed by atoms with van der Waals surface area (Å²) in [6, 6.07) is 62.2. The zero-order valence-electron chi connectivity index (χ0n) is 94.0. The molecule has 0 radical (unpaired) electrons. The van der Waals surface area contributed by atoms with Crippen molar-refractivity contribution in [2.75, 3.05) is 9.80 Å². The molecule has 0 fully saturated rings. The van der Waals surface area contributed by atoms with Gasteiger partial charge in [0.25, 0.3) is 6.71 Å². The Morgan fingerprint density at radius 2 is 0.449 bits per heavy atom. The smallest absolute Gasteiger partial charge is 0.252 e. The van der Waals surface area contributed by atoms with Gasteiger partial charge >= 0.3 is 0 Å². The molecular weight excluding hydrogens is 1530 g/mol. The van der Waals surface area contributed by atoms with E-state index in [4.69, 9.17) is 0 Å². The summed E-state index contributed by atoms with van der Waals surface area (Å²) < 4.78 is 130. The third-order valence-electron chi connectivity index (χ3n) is 26.5. The lowest BCUT2D eigenvalue weighted by Gasteiger charge is -2.47. The van der Waals surface area contributed by atoms with Crippen LogP contribution >= 0.6 is 0 Å². The largest absolute Gasteiger partial charge is 0.310 e. The minimum absolute atomic E-state index is 0.00809. The summed E-state index contributed by atoms with van der Waals surface area (Å²) >= 11 is 0. The van der Waals surface area contributed by atoms with E-state index >= 15 is 0 Å². The van der Waals surface area contributed by atoms with Crippen molar-refractivity contribution >= 4 is 101 Å². The molecule has 0 saturated heterocycles. The highest BCUT2D eigenvalue weighted by molar-refractivity contribution is 7.00. The van der Waals surface area contributed by atoms with Crippen molar-refractivity contribution in [1.29, 1.82) is 0 Å². The average molecular weight is 1680 g/mol. The lowest BCUT2D eigenvalue weighted by molar-refractivity contribution is 0.589. The molecule has 5 heteroatoms. The minimum Gasteiger partial charge on any atom is -0.310 e. The van der Waals surface area contributed by atoms with Crippen molar-refractivity contribution in [2.45, 2.75) is 288 Å². The molecule has 0 amide bonds. The molecule has 0 saturated carbocycles. The predicted octanol–water partition coefficient (Wildman–Crippen LogP) is 32.9. The molecule has 2 aliphatic heterocycles. The number of hydrogen-bond acceptors (Lipinski definition) is 2. The van der Waals surface area contributed by atoms with Crippen LogP contribution in [0.15, 0.2) is 242 Å². The Kier molecular flexibility index (Phi) is 17.4. The van der Waals surface area contributed by atoms with Crippen molar-refractivity contribution in [3.05, 3.63) is 304 Å². The fraction of sp³-hybridized carbons (Fsp3) is 0.361. The van der Waals surface area contributed by atoms with E-state index in [1.165, 1.54) is 0 Å². The van der Waals surface area contributed by atoms with Crippen molar-refractivity contribution in [1.82, 2.24) is 9.13 Å². The fourth-order valence-corrected chi connectivity index (χ4v) is 18.5. The van der Waals surface area contributed by atoms with E-state index in [1.807, 2.05) is 104 Å². The zero-order chi connectivity index (χ0) is 102. The van der Waals surface area contributed by atoms with E-state index in [1.54, 1.807) is 0 Å². The van der Waals surface area contributed by atoms with Crippen LogP contribution < -0.4 is 26.2 Å². The SMILES string of the molecule is [2H]c1c(C(C)(C)C)c([2H])c2c3c([2H])c(C(C)(C)C)c([2H])c([2H])c3n(-c3ccc4c(c3)N(c3c(-c5cccc(C(C)(C)C)c5)cc(C(C)(C)C)cc3-c3cccc(C(C)(C)C)c3)c3cc(C(C)(C)C)cc5c3B4c3ccc(-n4c6c([2H])c([2H])c(C(C)(C)C)c([2H])c6c6c([2H])c(C(C)(C)C)c([2H])c([2H])c64)cc3N5c3c(-c4cccc(C(C)(C)C)c4)cc(C(C)(C)C)cc3-c3cccc(C(C)(C)C)c3)c2c1[2H]. The summed E-state index contributed by atoms with van der Waals surface area (Å²) in [4.78, 5) is 5.05. The van der Waals surface area contributed by atoms with Gasteiger partial charge in [-0.1, -0.05) is 362 Å². The molecule has 0 bridgehead atoms. The minimum atomic E-state index is -0.818. The second-order valence-electron chi connectivity index (χ2n) is 48.0. The maximum absolute atomic E-state index is 10.7. The van der Waals surface area contributed by atoms with E-state index < -0.39 is 44.6 Å². The van der Waals surface area contributed by atoms with Gasteiger partial charge in [-0.2, -0.15) is 0 Å². The van der Waals surface area contributed by atoms with Gasteiger partial charge in [0.2, 0.25) is 0 Å². The first-order chi connectivity index (χ1) is 64.0. The maximum Gasteiger partial charge on any atom is 0.252 e. The summed E-state index contributed by atoms with van der Waals surface area (Å²) in [5, 5.41) is 1.07. The van der Waals surface area contributed by atoms with Crippen molar-refractivity contribution in [2.24, 2.45) is 0 Å². The summed E-state index contributed by atoms with van der Waals surface area (Å²) in [6.07, 6.45) is 0. The molecule has 17 rings (SSSR count). The molecule has 0 unspecified atom stereocenters. The molecule has 0 atom stereocenters. The Bertz CT molecular complexity index is 6950. The number of fused-ring (bicyclic) bond motifs is 10. The van der Waals surface area contributed by atoms with Crippen molar-refractivity contribution in [3.63, 3.8) is 0 Å². The van der Waals surface area contributed by atoms with Gasteiger partial charge in [-0.25, -0.2) is 0 Å². The predicted molar refractivity (Wildman–Crippen MR) is 557 cm³/mol. The van der Waals surface area contributed by atoms with Crippen LogP contribution in [-0.4, -0.2) is 15.8 Å². The third kappa shape index (κ3) is 15.8. The monoisotopic (exact) mass is 1680 g/mol. The van der Waals surface area contributed by atoms with Gasteiger partial charge in [-0.3, -0.25) is 0 Å². The second-order valence-corrected chi connectivity index (χ2v) is 48.0. The molecule has 650 valence electrons. The Morgan fingerprint density at radius 1 is 0.220 bits per heavy atom. The lowest BCUT2D eigenvalue weighted by Crippen LogP contribution is -2.61. The van der Waals surface area contributed by atoms with Crippen molar-refractivity contribution in [3.8, 4) is 55.9 Å². The van der Waals surface area contributed by atoms with Crippen molar-refractivity contribution < 1.29 is 16.4 Å². The van der Waals surface area contributed by atoms with E-state index in [0.29, 0.717) is 33.6 Å². The summed E-state index contributed by atoms with van der Waals surface area (Å²) in [5.74, 6) is 0. The molecule has 4 heterocycles. The van der Waals surface area contributed by atoms with E-state index in [0.717, 1.165) is 134 Å². The van der Waals surface area contributed by atoms with Crippen LogP contribution in [0.1, 0.15) is 306 Å². The Hall–Kier alpha value is -10.9. The number of rotatable bonds is 8. The molecule has 4 nitrogen and oxygen atoms in total. The van der Waals surface area contributed by atoms with Gasteiger partial charge in [0.15, 0.2) is 0 Å². The van der Waals surface area contributed by atoms with Gasteiger partial charge in [-0.05, 0) is 268 Å². The van der Waals surface area contributed by atoms with Crippen LogP contribution in [0.25, 0.3) is 99.5 Å². The first-order valence-electron chi connectivity index (χ1n) is 52.0. The van der Waals surface area contributed by atoms with Crippen LogP contribution in [0.3, 0.4) is 0 Å². The van der Waals surface area contributed by atoms with Crippen LogP contribution in [0.2, 0.25) is 0 Å². The molecule has 13 aromatic carbocycles. The topological polar surface area (TPSA) is 16.3 Å². The lowest BCUT2D eigenvalue weighted by atomic mass is 9.33. The van der Waals surface area contributed by atoms with Crippen LogP contribution in [0.5, 0.6) is 0 Å². The number of nitrogens with zero attached hydrogens (tertiary/aromatic N) is 4. The number of benzene rings is 13. The molecule has 2 aliphatic rings. The molecular formula is C122H139BN4. The standard InChI is InChI=1S/C122H139BN4/c1-112(2,3)78-42-34-38-74(58-78)91-66-86(120(25,26)27)67-92(75-39-35-43-79(59-75)113(4,5)6)110(91)126-105-72-89(124-101-54-46-82(116(13,14)15)62-95(101)96-63-83(117(16,17)18)47-55-102(96)124)50-52-99(105)123-100-53-51-90(125-103-56-48-84(118(19,20)21)64-97(103)98-65-85(119(22,23)24)49-57-104(98)125)73-106(100)127(108-71-88(122(31,32)33)70-107(126)109(108)123)111-93(76-40-36-44-80(60-76)114(7,8)9)68-87(121(28,29)30)69-94(111)77-41-37-45-81(61-77)115(10,11)12/h34-73H,1-33H3/i46D,47D,48D,49D,54D,55D,56D,57D,62D,63D,64D,65D. The van der Waals surface area contributed by atoms with Crippen LogP contribution in [-0.2, 0) is 59.6 Å². The first-order valence-corrected chi connectivity index (χ1v) is 46.0. The number of aromatic nitrogens is 2. The van der Waals surface area contributed by atoms with Gasteiger partial charge < -0.3 is 18.9 Å². The van der Waals surface area contributed by atoms with Gasteiger partial charge in [0, 0.05) is 77.9 Å². The van der Waals surface area contributed by atoms with Crippen LogP contribution in [0.4, 0.5) is 34.1 Å². The summed E-state index contributed by atoms with van der Waals surface area (Å²) in [7, 11) is 0. The Balaban J connectivity index is 1.16. The normalized spacial score (nSPS) is 15.3. The van der Waals surface area contributed by atoms with Crippen LogP contribution in [0, 0.1) is 0 Å². The Morgan fingerprint density at radius 3 is 0.677 bits per heavy atom. The van der Waals surface area contributed by atoms with Gasteiger partial charge in [0.05, 0.1) is 49.9 Å². The average Bonchev–Trinajstić information content (AvgIpc) is 1.67. The highest BCUT2D eigenvalue weighted by Crippen LogP contribution is 2.57. The van der Waals surface area contributed by atoms with E-state index in [2.05, 4.69) is 313 Å². The second kappa shape index (κ2) is 29.9. The molecule has 127 heavy (non-hydrogen) atoms. The zero-order valence-corrected chi connectivity index (χ0v) is 82.0. The fourth-order valence-electron chi connectivity index (χ4n) is 18.5. The van der Waals surface area contributed by atoms with Gasteiger partial charge in [-0.15, -0.1) is 0 Å². The quantitative estimate of drug-likeness (QED) is 0.141.